The van der Waals surface area contributed by atoms with Crippen molar-refractivity contribution in [1.82, 2.24) is 4.90 Å². The van der Waals surface area contributed by atoms with Gasteiger partial charge in [-0.25, -0.2) is 9.59 Å². The molecule has 0 spiro atoms. The Morgan fingerprint density at radius 2 is 1.60 bits per heavy atom. The second-order valence-corrected chi connectivity index (χ2v) is 7.06. The fraction of sp³-hybridized carbons (Fsp3) is 0.176. The third-order valence-electron chi connectivity index (χ3n) is 2.76. The van der Waals surface area contributed by atoms with Crippen molar-refractivity contribution in [2.45, 2.75) is 16.3 Å². The molecule has 0 aliphatic carbocycles. The smallest absolute Gasteiger partial charge is 0.414 e. The van der Waals surface area contributed by atoms with Gasteiger partial charge in [0.25, 0.3) is 0 Å². The van der Waals surface area contributed by atoms with Crippen molar-refractivity contribution < 1.29 is 19.8 Å². The quantitative estimate of drug-likeness (QED) is 0.740. The molecular weight excluding hydrogens is 385 g/mol. The molecule has 134 valence electrons. The van der Waals surface area contributed by atoms with Gasteiger partial charge < -0.3 is 15.1 Å². The summed E-state index contributed by atoms with van der Waals surface area (Å²) in [6, 6.07) is 13.9. The Kier molecular flexibility index (Phi) is 8.78. The number of nitrogens with zero attached hydrogens (tertiary/aromatic N) is 1. The van der Waals surface area contributed by atoms with Crippen molar-refractivity contribution in [1.29, 1.82) is 0 Å². The SMILES string of the molecule is CN(C)Cc1ccccc1Sc1cc(Cl)ccc1Cl.O=C(O)C(=O)O. The Hall–Kier alpha value is -1.73. The van der Waals surface area contributed by atoms with E-state index in [2.05, 4.69) is 37.2 Å². The van der Waals surface area contributed by atoms with Crippen molar-refractivity contribution in [3.05, 3.63) is 58.1 Å². The van der Waals surface area contributed by atoms with Gasteiger partial charge in [0, 0.05) is 21.4 Å². The van der Waals surface area contributed by atoms with Crippen molar-refractivity contribution in [2.24, 2.45) is 0 Å². The molecule has 0 saturated heterocycles. The molecule has 0 saturated carbocycles. The van der Waals surface area contributed by atoms with Gasteiger partial charge in [-0.15, -0.1) is 0 Å². The van der Waals surface area contributed by atoms with E-state index in [1.54, 1.807) is 17.8 Å². The third-order valence-corrected chi connectivity index (χ3v) is 4.61. The van der Waals surface area contributed by atoms with Gasteiger partial charge in [0.1, 0.15) is 0 Å². The molecule has 2 aromatic rings. The lowest BCUT2D eigenvalue weighted by Gasteiger charge is -2.14. The molecule has 0 aromatic heterocycles. The lowest BCUT2D eigenvalue weighted by Crippen LogP contribution is -2.11. The number of carboxylic acid groups (broad SMARTS) is 2. The number of hydrogen-bond acceptors (Lipinski definition) is 4. The maximum Gasteiger partial charge on any atom is 0.414 e. The molecule has 0 heterocycles. The maximum atomic E-state index is 9.10. The van der Waals surface area contributed by atoms with E-state index in [9.17, 15) is 0 Å². The molecule has 0 aliphatic rings. The number of aliphatic carboxylic acids is 2. The van der Waals surface area contributed by atoms with E-state index in [1.165, 1.54) is 10.5 Å². The highest BCUT2D eigenvalue weighted by molar-refractivity contribution is 7.99. The molecule has 2 rings (SSSR count). The maximum absolute atomic E-state index is 9.10. The summed E-state index contributed by atoms with van der Waals surface area (Å²) in [6.45, 7) is 0.904. The minimum atomic E-state index is -1.82. The van der Waals surface area contributed by atoms with Crippen LogP contribution in [0.1, 0.15) is 5.56 Å². The number of rotatable bonds is 4. The highest BCUT2D eigenvalue weighted by Crippen LogP contribution is 2.36. The zero-order valence-corrected chi connectivity index (χ0v) is 15.9. The van der Waals surface area contributed by atoms with Crippen LogP contribution >= 0.6 is 35.0 Å². The molecule has 5 nitrogen and oxygen atoms in total. The molecule has 0 fully saturated rings. The topological polar surface area (TPSA) is 77.8 Å². The third kappa shape index (κ3) is 7.79. The first-order valence-corrected chi connectivity index (χ1v) is 8.59. The standard InChI is InChI=1S/C15H15Cl2NS.C2H2O4/c1-18(2)10-11-5-3-4-6-14(11)19-15-9-12(16)7-8-13(15)17;3-1(4)2(5)6/h3-9H,10H2,1-2H3;(H,3,4)(H,5,6). The first kappa shape index (κ1) is 21.3. The molecular formula is C17H17Cl2NO4S. The zero-order chi connectivity index (χ0) is 19.0. The zero-order valence-electron chi connectivity index (χ0n) is 13.6. The molecule has 2 N–H and O–H groups in total. The second kappa shape index (κ2) is 10.3. The first-order valence-electron chi connectivity index (χ1n) is 7.02. The van der Waals surface area contributed by atoms with E-state index < -0.39 is 11.9 Å². The van der Waals surface area contributed by atoms with E-state index in [4.69, 9.17) is 43.0 Å². The summed E-state index contributed by atoms with van der Waals surface area (Å²) in [5.41, 5.74) is 1.29. The highest BCUT2D eigenvalue weighted by Gasteiger charge is 2.08. The Morgan fingerprint density at radius 3 is 2.16 bits per heavy atom. The number of halogens is 2. The Morgan fingerprint density at radius 1 is 1.00 bits per heavy atom. The fourth-order valence-corrected chi connectivity index (χ4v) is 3.22. The Labute approximate surface area is 160 Å². The lowest BCUT2D eigenvalue weighted by molar-refractivity contribution is -0.159. The summed E-state index contributed by atoms with van der Waals surface area (Å²) < 4.78 is 0. The molecule has 8 heteroatoms. The number of carbonyl (C=O) groups is 2. The molecule has 0 atom stereocenters. The minimum absolute atomic E-state index is 0.706. The van der Waals surface area contributed by atoms with Crippen LogP contribution in [0.15, 0.2) is 52.3 Å². The van der Waals surface area contributed by atoms with Gasteiger partial charge in [-0.1, -0.05) is 53.2 Å². The number of carboxylic acids is 2. The fourth-order valence-electron chi connectivity index (χ4n) is 1.75. The Balaban J connectivity index is 0.000000450. The predicted molar refractivity (Wildman–Crippen MR) is 99.7 cm³/mol. The molecule has 0 aliphatic heterocycles. The van der Waals surface area contributed by atoms with Crippen molar-refractivity contribution >= 4 is 46.9 Å². The largest absolute Gasteiger partial charge is 0.473 e. The second-order valence-electron chi connectivity index (χ2n) is 5.13. The summed E-state index contributed by atoms with van der Waals surface area (Å²) in [4.78, 5) is 22.5. The van der Waals surface area contributed by atoms with Gasteiger partial charge in [0.05, 0.1) is 5.02 Å². The van der Waals surface area contributed by atoms with Crippen LogP contribution in [0.5, 0.6) is 0 Å². The van der Waals surface area contributed by atoms with E-state index >= 15 is 0 Å². The van der Waals surface area contributed by atoms with Crippen LogP contribution in [-0.4, -0.2) is 41.1 Å². The molecule has 0 bridgehead atoms. The van der Waals surface area contributed by atoms with Crippen molar-refractivity contribution in [3.63, 3.8) is 0 Å². The predicted octanol–water partition coefficient (Wildman–Crippen LogP) is 4.36. The minimum Gasteiger partial charge on any atom is -0.473 e. The first-order chi connectivity index (χ1) is 11.7. The van der Waals surface area contributed by atoms with E-state index in [0.29, 0.717) is 5.02 Å². The van der Waals surface area contributed by atoms with Gasteiger partial charge in [0.15, 0.2) is 0 Å². The van der Waals surface area contributed by atoms with Crippen LogP contribution in [0.2, 0.25) is 10.0 Å². The van der Waals surface area contributed by atoms with E-state index in [-0.39, 0.29) is 0 Å². The van der Waals surface area contributed by atoms with Crippen LogP contribution < -0.4 is 0 Å². The summed E-state index contributed by atoms with van der Waals surface area (Å²) in [5, 5.41) is 16.2. The summed E-state index contributed by atoms with van der Waals surface area (Å²) in [6.07, 6.45) is 0. The Bertz CT molecular complexity index is 741. The average molecular weight is 402 g/mol. The molecule has 25 heavy (non-hydrogen) atoms. The van der Waals surface area contributed by atoms with Crippen LogP contribution in [0.4, 0.5) is 0 Å². The molecule has 0 unspecified atom stereocenters. The van der Waals surface area contributed by atoms with Crippen LogP contribution in [0, 0.1) is 0 Å². The van der Waals surface area contributed by atoms with E-state index in [1.807, 2.05) is 18.2 Å². The van der Waals surface area contributed by atoms with Gasteiger partial charge >= 0.3 is 11.9 Å². The normalized spacial score (nSPS) is 10.1. The van der Waals surface area contributed by atoms with Crippen molar-refractivity contribution in [3.8, 4) is 0 Å². The summed E-state index contributed by atoms with van der Waals surface area (Å²) in [7, 11) is 4.13. The summed E-state index contributed by atoms with van der Waals surface area (Å²) >= 11 is 13.9. The molecule has 0 radical (unpaired) electrons. The number of benzene rings is 2. The van der Waals surface area contributed by atoms with E-state index in [0.717, 1.165) is 16.5 Å². The highest BCUT2D eigenvalue weighted by atomic mass is 35.5. The monoisotopic (exact) mass is 401 g/mol. The van der Waals surface area contributed by atoms with Crippen LogP contribution in [0.25, 0.3) is 0 Å². The van der Waals surface area contributed by atoms with Gasteiger partial charge in [-0.05, 0) is 43.9 Å². The van der Waals surface area contributed by atoms with Crippen molar-refractivity contribution in [2.75, 3.05) is 14.1 Å². The molecule has 0 amide bonds. The van der Waals surface area contributed by atoms with Crippen LogP contribution in [-0.2, 0) is 16.1 Å². The van der Waals surface area contributed by atoms with Gasteiger partial charge in [-0.3, -0.25) is 0 Å². The average Bonchev–Trinajstić information content (AvgIpc) is 2.53. The van der Waals surface area contributed by atoms with Gasteiger partial charge in [0.2, 0.25) is 0 Å². The molecule has 2 aromatic carbocycles. The number of hydrogen-bond donors (Lipinski definition) is 2. The van der Waals surface area contributed by atoms with Crippen LogP contribution in [0.3, 0.4) is 0 Å². The van der Waals surface area contributed by atoms with Gasteiger partial charge in [-0.2, -0.15) is 0 Å². The lowest BCUT2D eigenvalue weighted by atomic mass is 10.2. The summed E-state index contributed by atoms with van der Waals surface area (Å²) in [5.74, 6) is -3.65.